The highest BCUT2D eigenvalue weighted by Gasteiger charge is 2.05. The first kappa shape index (κ1) is 15.1. The fourth-order valence-corrected chi connectivity index (χ4v) is 2.24. The third-order valence-corrected chi connectivity index (χ3v) is 3.28. The summed E-state index contributed by atoms with van der Waals surface area (Å²) in [6.07, 6.45) is 0.716. The molecule has 0 spiro atoms. The zero-order valence-electron chi connectivity index (χ0n) is 10.6. The molecule has 8 heteroatoms. The zero-order chi connectivity index (χ0) is 14.5. The van der Waals surface area contributed by atoms with Gasteiger partial charge in [-0.05, 0) is 35.7 Å². The van der Waals surface area contributed by atoms with Crippen LogP contribution in [-0.4, -0.2) is 28.5 Å². The molecule has 20 heavy (non-hydrogen) atoms. The van der Waals surface area contributed by atoms with Crippen molar-refractivity contribution in [3.05, 3.63) is 39.1 Å². The number of hydrogen-bond donors (Lipinski definition) is 2. The van der Waals surface area contributed by atoms with E-state index in [4.69, 9.17) is 34.8 Å². The number of aromatic nitrogens is 3. The van der Waals surface area contributed by atoms with Crippen LogP contribution < -0.4 is 10.6 Å². The van der Waals surface area contributed by atoms with Crippen LogP contribution in [0.5, 0.6) is 0 Å². The fraction of sp³-hybridized carbons (Fsp3) is 0.250. The van der Waals surface area contributed by atoms with Crippen LogP contribution in [0.1, 0.15) is 5.56 Å². The number of hydrogen-bond acceptors (Lipinski definition) is 5. The molecular formula is C12H12Cl3N5. The molecule has 0 unspecified atom stereocenters. The number of rotatable bonds is 5. The first-order valence-corrected chi connectivity index (χ1v) is 6.99. The summed E-state index contributed by atoms with van der Waals surface area (Å²) in [6, 6.07) is 5.42. The second-order valence-corrected chi connectivity index (χ2v) is 5.10. The van der Waals surface area contributed by atoms with E-state index < -0.39 is 0 Å². The van der Waals surface area contributed by atoms with Crippen molar-refractivity contribution < 1.29 is 0 Å². The first-order valence-electron chi connectivity index (χ1n) is 5.85. The summed E-state index contributed by atoms with van der Waals surface area (Å²) in [4.78, 5) is 12.0. The molecule has 2 rings (SSSR count). The van der Waals surface area contributed by atoms with Gasteiger partial charge in [0.2, 0.25) is 17.2 Å². The van der Waals surface area contributed by atoms with Gasteiger partial charge in [-0.15, -0.1) is 0 Å². The predicted octanol–water partition coefficient (Wildman–Crippen LogP) is 3.53. The lowest BCUT2D eigenvalue weighted by atomic mass is 10.1. The molecule has 0 amide bonds. The largest absolute Gasteiger partial charge is 0.357 e. The maximum atomic E-state index is 6.10. The third-order valence-electron chi connectivity index (χ3n) is 2.52. The van der Waals surface area contributed by atoms with Crippen LogP contribution in [0.25, 0.3) is 0 Å². The van der Waals surface area contributed by atoms with Crippen LogP contribution >= 0.6 is 34.8 Å². The Morgan fingerprint density at radius 2 is 1.80 bits per heavy atom. The van der Waals surface area contributed by atoms with E-state index in [1.165, 1.54) is 0 Å². The van der Waals surface area contributed by atoms with Crippen molar-refractivity contribution in [3.63, 3.8) is 0 Å². The van der Waals surface area contributed by atoms with E-state index in [-0.39, 0.29) is 5.28 Å². The van der Waals surface area contributed by atoms with Gasteiger partial charge in [-0.25, -0.2) is 0 Å². The van der Waals surface area contributed by atoms with Gasteiger partial charge in [0.1, 0.15) is 0 Å². The average Bonchev–Trinajstić information content (AvgIpc) is 2.40. The summed E-state index contributed by atoms with van der Waals surface area (Å²) >= 11 is 17.7. The maximum absolute atomic E-state index is 6.10. The van der Waals surface area contributed by atoms with Crippen molar-refractivity contribution in [2.45, 2.75) is 6.42 Å². The SMILES string of the molecule is CNc1nc(Cl)nc(NCCc2ccc(Cl)cc2Cl)n1. The summed E-state index contributed by atoms with van der Waals surface area (Å²) in [5.74, 6) is 0.830. The van der Waals surface area contributed by atoms with Gasteiger partial charge in [0.25, 0.3) is 0 Å². The van der Waals surface area contributed by atoms with Crippen molar-refractivity contribution in [2.75, 3.05) is 24.2 Å². The second-order valence-electron chi connectivity index (χ2n) is 3.91. The highest BCUT2D eigenvalue weighted by molar-refractivity contribution is 6.35. The van der Waals surface area contributed by atoms with Crippen molar-refractivity contribution in [1.82, 2.24) is 15.0 Å². The lowest BCUT2D eigenvalue weighted by Gasteiger charge is -2.08. The Balaban J connectivity index is 1.97. The minimum atomic E-state index is 0.136. The van der Waals surface area contributed by atoms with Crippen molar-refractivity contribution in [1.29, 1.82) is 0 Å². The lowest BCUT2D eigenvalue weighted by Crippen LogP contribution is -2.10. The van der Waals surface area contributed by atoms with Crippen molar-refractivity contribution in [3.8, 4) is 0 Å². The molecule has 0 bridgehead atoms. The smallest absolute Gasteiger partial charge is 0.228 e. The molecule has 1 heterocycles. The number of nitrogens with one attached hydrogen (secondary N) is 2. The monoisotopic (exact) mass is 331 g/mol. The van der Waals surface area contributed by atoms with Crippen molar-refractivity contribution >= 4 is 46.7 Å². The van der Waals surface area contributed by atoms with E-state index >= 15 is 0 Å². The van der Waals surface area contributed by atoms with Gasteiger partial charge in [0, 0.05) is 23.6 Å². The highest BCUT2D eigenvalue weighted by atomic mass is 35.5. The standard InChI is InChI=1S/C12H12Cl3N5/c1-16-11-18-10(15)19-12(20-11)17-5-4-7-2-3-8(13)6-9(7)14/h2-3,6H,4-5H2,1H3,(H2,16,17,18,19,20). The van der Waals surface area contributed by atoms with E-state index in [0.29, 0.717) is 34.9 Å². The van der Waals surface area contributed by atoms with Crippen LogP contribution in [0, 0.1) is 0 Å². The Kier molecular flexibility index (Phi) is 5.23. The highest BCUT2D eigenvalue weighted by Crippen LogP contribution is 2.21. The minimum absolute atomic E-state index is 0.136. The number of nitrogens with zero attached hydrogens (tertiary/aromatic N) is 3. The van der Waals surface area contributed by atoms with Gasteiger partial charge in [-0.2, -0.15) is 15.0 Å². The zero-order valence-corrected chi connectivity index (χ0v) is 12.9. The van der Waals surface area contributed by atoms with E-state index in [0.717, 1.165) is 5.56 Å². The van der Waals surface area contributed by atoms with Gasteiger partial charge in [0.05, 0.1) is 0 Å². The molecule has 0 radical (unpaired) electrons. The molecule has 2 N–H and O–H groups in total. The topological polar surface area (TPSA) is 62.7 Å². The number of benzene rings is 1. The molecule has 2 aromatic rings. The van der Waals surface area contributed by atoms with Crippen LogP contribution in [0.15, 0.2) is 18.2 Å². The fourth-order valence-electron chi connectivity index (χ4n) is 1.57. The van der Waals surface area contributed by atoms with Crippen LogP contribution in [-0.2, 0) is 6.42 Å². The van der Waals surface area contributed by atoms with Gasteiger partial charge in [-0.3, -0.25) is 0 Å². The summed E-state index contributed by atoms with van der Waals surface area (Å²) in [7, 11) is 1.71. The quantitative estimate of drug-likeness (QED) is 0.877. The Hall–Kier alpha value is -1.30. The van der Waals surface area contributed by atoms with E-state index in [9.17, 15) is 0 Å². The van der Waals surface area contributed by atoms with E-state index in [1.54, 1.807) is 13.1 Å². The maximum Gasteiger partial charge on any atom is 0.228 e. The predicted molar refractivity (Wildman–Crippen MR) is 83.0 cm³/mol. The Morgan fingerprint density at radius 3 is 2.50 bits per heavy atom. The minimum Gasteiger partial charge on any atom is -0.357 e. The molecule has 1 aromatic carbocycles. The van der Waals surface area contributed by atoms with E-state index in [2.05, 4.69) is 25.6 Å². The molecule has 0 aliphatic carbocycles. The summed E-state index contributed by atoms with van der Waals surface area (Å²) < 4.78 is 0. The lowest BCUT2D eigenvalue weighted by molar-refractivity contribution is 0.964. The molecule has 1 aromatic heterocycles. The number of anilines is 2. The Labute approximate surface area is 131 Å². The molecule has 0 saturated carbocycles. The average molecular weight is 333 g/mol. The Bertz CT molecular complexity index is 606. The molecule has 0 aliphatic heterocycles. The summed E-state index contributed by atoms with van der Waals surface area (Å²) in [5, 5.41) is 7.28. The molecule has 0 atom stereocenters. The molecule has 5 nitrogen and oxygen atoms in total. The molecular weight excluding hydrogens is 321 g/mol. The summed E-state index contributed by atoms with van der Waals surface area (Å²) in [5.41, 5.74) is 0.998. The molecule has 0 aliphatic rings. The molecule has 106 valence electrons. The Morgan fingerprint density at radius 1 is 1.05 bits per heavy atom. The van der Waals surface area contributed by atoms with Crippen molar-refractivity contribution in [2.24, 2.45) is 0 Å². The second kappa shape index (κ2) is 6.92. The normalized spacial score (nSPS) is 10.4. The van der Waals surface area contributed by atoms with Crippen LogP contribution in [0.2, 0.25) is 15.3 Å². The molecule has 0 fully saturated rings. The third kappa shape index (κ3) is 4.10. The van der Waals surface area contributed by atoms with Crippen LogP contribution in [0.3, 0.4) is 0 Å². The van der Waals surface area contributed by atoms with Gasteiger partial charge in [-0.1, -0.05) is 29.3 Å². The first-order chi connectivity index (χ1) is 9.58. The van der Waals surface area contributed by atoms with Gasteiger partial charge < -0.3 is 10.6 Å². The summed E-state index contributed by atoms with van der Waals surface area (Å²) in [6.45, 7) is 0.616. The van der Waals surface area contributed by atoms with Gasteiger partial charge >= 0.3 is 0 Å². The van der Waals surface area contributed by atoms with Gasteiger partial charge in [0.15, 0.2) is 0 Å². The molecule has 0 saturated heterocycles. The van der Waals surface area contributed by atoms with Crippen LogP contribution in [0.4, 0.5) is 11.9 Å². The van der Waals surface area contributed by atoms with E-state index in [1.807, 2.05) is 12.1 Å². The number of halogens is 3.